The highest BCUT2D eigenvalue weighted by molar-refractivity contribution is 6.13. The molecule has 0 atom stereocenters. The van der Waals surface area contributed by atoms with Crippen LogP contribution in [0.3, 0.4) is 0 Å². The molecule has 0 N–H and O–H groups in total. The van der Waals surface area contributed by atoms with Crippen molar-refractivity contribution in [2.75, 3.05) is 0 Å². The van der Waals surface area contributed by atoms with E-state index in [1.165, 1.54) is 43.8 Å². The first-order chi connectivity index (χ1) is 31.0. The van der Waals surface area contributed by atoms with Gasteiger partial charge in [-0.05, 0) is 153 Å². The van der Waals surface area contributed by atoms with Crippen LogP contribution >= 0.6 is 0 Å². The van der Waals surface area contributed by atoms with Crippen LogP contribution in [0.15, 0.2) is 121 Å². The van der Waals surface area contributed by atoms with E-state index in [2.05, 4.69) is 203 Å². The average molecular weight is 863 g/mol. The van der Waals surface area contributed by atoms with Gasteiger partial charge in [-0.3, -0.25) is 0 Å². The van der Waals surface area contributed by atoms with E-state index in [0.717, 1.165) is 66.8 Å². The zero-order valence-electron chi connectivity index (χ0n) is 41.3. The fourth-order valence-corrected chi connectivity index (χ4v) is 10.1. The van der Waals surface area contributed by atoms with Crippen molar-refractivity contribution < 1.29 is 0 Å². The number of aromatic nitrogens is 2. The fourth-order valence-electron chi connectivity index (χ4n) is 10.1. The van der Waals surface area contributed by atoms with Crippen molar-refractivity contribution in [2.24, 2.45) is 0 Å². The van der Waals surface area contributed by atoms with E-state index in [1.54, 1.807) is 0 Å². The first-order valence-corrected chi connectivity index (χ1v) is 23.4. The predicted molar refractivity (Wildman–Crippen MR) is 280 cm³/mol. The molecule has 0 bridgehead atoms. The van der Waals surface area contributed by atoms with Crippen LogP contribution in [-0.2, 0) is 21.7 Å². The molecule has 0 aliphatic carbocycles. The van der Waals surface area contributed by atoms with E-state index in [1.807, 2.05) is 36.4 Å². The largest absolute Gasteiger partial charge is 0.309 e. The summed E-state index contributed by atoms with van der Waals surface area (Å²) in [5.74, 6) is 0. The van der Waals surface area contributed by atoms with Gasteiger partial charge in [0.25, 0.3) is 0 Å². The normalized spacial score (nSPS) is 12.7. The molecule has 0 saturated carbocycles. The molecular formula is C62H62N4. The third-order valence-corrected chi connectivity index (χ3v) is 13.9. The van der Waals surface area contributed by atoms with Gasteiger partial charge in [-0.2, -0.15) is 10.5 Å². The first kappa shape index (κ1) is 44.3. The monoisotopic (exact) mass is 862 g/mol. The number of fused-ring (bicyclic) bond motifs is 6. The Bertz CT molecular complexity index is 3320. The number of nitrogens with zero attached hydrogens (tertiary/aromatic N) is 4. The Kier molecular flexibility index (Phi) is 10.3. The lowest BCUT2D eigenvalue weighted by Gasteiger charge is -2.28. The topological polar surface area (TPSA) is 57.4 Å². The van der Waals surface area contributed by atoms with Crippen molar-refractivity contribution in [2.45, 2.75) is 119 Å². The Morgan fingerprint density at radius 1 is 0.364 bits per heavy atom. The number of nitriles is 2. The zero-order chi connectivity index (χ0) is 47.4. The van der Waals surface area contributed by atoms with Crippen molar-refractivity contribution in [1.29, 1.82) is 10.5 Å². The summed E-state index contributed by atoms with van der Waals surface area (Å²) in [6.07, 6.45) is 0. The van der Waals surface area contributed by atoms with Gasteiger partial charge >= 0.3 is 0 Å². The molecule has 0 unspecified atom stereocenters. The van der Waals surface area contributed by atoms with Crippen molar-refractivity contribution in [3.63, 3.8) is 0 Å². The van der Waals surface area contributed by atoms with E-state index >= 15 is 0 Å². The lowest BCUT2D eigenvalue weighted by atomic mass is 9.85. The summed E-state index contributed by atoms with van der Waals surface area (Å²) in [5, 5.41) is 25.7. The Hall–Kier alpha value is -6.88. The first-order valence-electron chi connectivity index (χ1n) is 23.4. The van der Waals surface area contributed by atoms with Gasteiger partial charge < -0.3 is 9.13 Å². The van der Waals surface area contributed by atoms with E-state index in [4.69, 9.17) is 0 Å². The minimum atomic E-state index is -0.0610. The second-order valence-electron chi connectivity index (χ2n) is 22.7. The maximum Gasteiger partial charge on any atom is 0.0991 e. The van der Waals surface area contributed by atoms with Gasteiger partial charge in [0.1, 0.15) is 0 Å². The molecule has 66 heavy (non-hydrogen) atoms. The molecule has 0 spiro atoms. The van der Waals surface area contributed by atoms with Gasteiger partial charge in [0, 0.05) is 32.7 Å². The second-order valence-corrected chi connectivity index (χ2v) is 22.7. The zero-order valence-corrected chi connectivity index (χ0v) is 41.3. The third kappa shape index (κ3) is 7.29. The standard InChI is InChI=1S/C62H62N4/c1-37-55(41-19-15-17-39(29-41)35-63)58(66-53-27-23-45(61(9,10)11)33-49(53)50-34-46(62(12,13)14)24-28-54(50)66)56(42-20-16-18-40(30-42)36-64)38(2)57(37)65-51-25-21-43(59(3,4)5)31-47(51)48-32-44(60(6,7)8)22-26-52(48)65/h15-34H,1-14H3. The van der Waals surface area contributed by atoms with Gasteiger partial charge in [-0.1, -0.05) is 132 Å². The molecule has 0 aliphatic heterocycles. The van der Waals surface area contributed by atoms with E-state index in [9.17, 15) is 10.5 Å². The number of rotatable bonds is 4. The maximum absolute atomic E-state index is 10.4. The Morgan fingerprint density at radius 3 is 0.924 bits per heavy atom. The van der Waals surface area contributed by atoms with Gasteiger partial charge in [-0.25, -0.2) is 0 Å². The highest BCUT2D eigenvalue weighted by atomic mass is 15.0. The molecule has 2 heterocycles. The second kappa shape index (κ2) is 15.4. The van der Waals surface area contributed by atoms with Crippen LogP contribution in [-0.4, -0.2) is 9.13 Å². The summed E-state index contributed by atoms with van der Waals surface area (Å²) in [6, 6.07) is 49.1. The maximum atomic E-state index is 10.4. The van der Waals surface area contributed by atoms with Crippen LogP contribution < -0.4 is 0 Å². The molecule has 7 aromatic carbocycles. The molecule has 0 amide bonds. The lowest BCUT2D eigenvalue weighted by molar-refractivity contribution is 0.590. The van der Waals surface area contributed by atoms with Crippen LogP contribution in [0.2, 0.25) is 0 Å². The molecule has 0 saturated heterocycles. The smallest absolute Gasteiger partial charge is 0.0991 e. The van der Waals surface area contributed by atoms with Crippen molar-refractivity contribution >= 4 is 43.6 Å². The molecule has 330 valence electrons. The van der Waals surface area contributed by atoms with Crippen molar-refractivity contribution in [1.82, 2.24) is 9.13 Å². The minimum absolute atomic E-state index is 0.0425. The minimum Gasteiger partial charge on any atom is -0.309 e. The van der Waals surface area contributed by atoms with Crippen molar-refractivity contribution in [3.05, 3.63) is 166 Å². The summed E-state index contributed by atoms with van der Waals surface area (Å²) in [6.45, 7) is 31.9. The Labute approximate surface area is 391 Å². The molecule has 4 nitrogen and oxygen atoms in total. The summed E-state index contributed by atoms with van der Waals surface area (Å²) in [5.41, 5.74) is 18.9. The van der Waals surface area contributed by atoms with Crippen LogP contribution in [0.1, 0.15) is 128 Å². The molecule has 0 aliphatic rings. The van der Waals surface area contributed by atoms with Gasteiger partial charge in [-0.15, -0.1) is 0 Å². The van der Waals surface area contributed by atoms with Gasteiger partial charge in [0.15, 0.2) is 0 Å². The molecule has 0 radical (unpaired) electrons. The highest BCUT2D eigenvalue weighted by Gasteiger charge is 2.30. The molecule has 9 rings (SSSR count). The van der Waals surface area contributed by atoms with Crippen LogP contribution in [0.5, 0.6) is 0 Å². The van der Waals surface area contributed by atoms with Crippen LogP contribution in [0.25, 0.3) is 77.2 Å². The highest BCUT2D eigenvalue weighted by Crippen LogP contribution is 2.50. The molecular weight excluding hydrogens is 801 g/mol. The van der Waals surface area contributed by atoms with Gasteiger partial charge in [0.2, 0.25) is 0 Å². The SMILES string of the molecule is Cc1c(-c2cccc(C#N)c2)c(-n2c3ccc(C(C)(C)C)cc3c3cc(C(C)(C)C)ccc32)c(-c2cccc(C#N)c2)c(C)c1-n1c2ccc(C(C)(C)C)cc2c2cc(C(C)(C)C)ccc21. The Morgan fingerprint density at radius 2 is 0.652 bits per heavy atom. The summed E-state index contributed by atoms with van der Waals surface area (Å²) in [7, 11) is 0. The quantitative estimate of drug-likeness (QED) is 0.177. The molecule has 2 aromatic heterocycles. The van der Waals surface area contributed by atoms with Gasteiger partial charge in [0.05, 0.1) is 56.7 Å². The Balaban J connectivity index is 1.55. The number of hydrogen-bond donors (Lipinski definition) is 0. The van der Waals surface area contributed by atoms with E-state index in [0.29, 0.717) is 11.1 Å². The molecule has 4 heteroatoms. The molecule has 0 fully saturated rings. The molecule has 9 aromatic rings. The number of hydrogen-bond acceptors (Lipinski definition) is 2. The number of benzene rings is 7. The average Bonchev–Trinajstić information content (AvgIpc) is 3.76. The van der Waals surface area contributed by atoms with Crippen LogP contribution in [0, 0.1) is 36.5 Å². The fraction of sp³-hybridized carbons (Fsp3) is 0.290. The predicted octanol–water partition coefficient (Wildman–Crippen LogP) is 16.8. The third-order valence-electron chi connectivity index (χ3n) is 13.9. The summed E-state index contributed by atoms with van der Waals surface area (Å²) in [4.78, 5) is 0. The van der Waals surface area contributed by atoms with Crippen LogP contribution in [0.4, 0.5) is 0 Å². The van der Waals surface area contributed by atoms with E-state index in [-0.39, 0.29) is 21.7 Å². The summed E-state index contributed by atoms with van der Waals surface area (Å²) < 4.78 is 4.97. The van der Waals surface area contributed by atoms with E-state index < -0.39 is 0 Å². The lowest BCUT2D eigenvalue weighted by Crippen LogP contribution is -2.12. The van der Waals surface area contributed by atoms with Crippen molar-refractivity contribution in [3.8, 4) is 45.8 Å². The summed E-state index contributed by atoms with van der Waals surface area (Å²) >= 11 is 0.